The molecule has 0 aliphatic heterocycles. The van der Waals surface area contributed by atoms with Gasteiger partial charge in [0, 0.05) is 5.57 Å². The lowest BCUT2D eigenvalue weighted by Gasteiger charge is -2.33. The van der Waals surface area contributed by atoms with Crippen LogP contribution in [0.4, 0.5) is 0 Å². The predicted octanol–water partition coefficient (Wildman–Crippen LogP) is 0.485. The van der Waals surface area contributed by atoms with Crippen LogP contribution in [0.15, 0.2) is 12.2 Å². The summed E-state index contributed by atoms with van der Waals surface area (Å²) in [6.45, 7) is 9.64. The Morgan fingerprint density at radius 3 is 2.47 bits per heavy atom. The maximum absolute atomic E-state index is 11.3. The number of hydrogen-bond acceptors (Lipinski definition) is 2. The van der Waals surface area contributed by atoms with Gasteiger partial charge in [0.05, 0.1) is 20.2 Å². The molecule has 1 atom stereocenters. The van der Waals surface area contributed by atoms with Gasteiger partial charge in [0.25, 0.3) is 5.91 Å². The Morgan fingerprint density at radius 1 is 1.47 bits per heavy atom. The minimum atomic E-state index is -0.117. The van der Waals surface area contributed by atoms with E-state index in [4.69, 9.17) is 5.11 Å². The Balaban J connectivity index is 4.17. The van der Waals surface area contributed by atoms with Crippen LogP contribution in [-0.2, 0) is 4.79 Å². The quantitative estimate of drug-likeness (QED) is 0.369. The summed E-state index contributed by atoms with van der Waals surface area (Å²) in [6, 6.07) is 0. The van der Waals surface area contributed by atoms with Gasteiger partial charge in [-0.05, 0) is 13.3 Å². The van der Waals surface area contributed by atoms with Crippen molar-refractivity contribution in [1.82, 2.24) is 5.32 Å². The van der Waals surface area contributed by atoms with Crippen LogP contribution >= 0.6 is 0 Å². The first-order valence-electron chi connectivity index (χ1n) is 5.33. The van der Waals surface area contributed by atoms with E-state index in [-0.39, 0.29) is 12.5 Å². The Kier molecular flexibility index (Phi) is 6.20. The van der Waals surface area contributed by atoms with Gasteiger partial charge in [-0.25, -0.2) is 0 Å². The second-order valence-electron chi connectivity index (χ2n) is 4.23. The zero-order chi connectivity index (χ0) is 11.9. The molecular weight excluding hydrogens is 192 g/mol. The van der Waals surface area contributed by atoms with Gasteiger partial charge in [-0.1, -0.05) is 13.5 Å². The zero-order valence-corrected chi connectivity index (χ0v) is 10.0. The smallest absolute Gasteiger partial charge is 0.250 e. The second kappa shape index (κ2) is 6.58. The third-order valence-electron chi connectivity index (χ3n) is 2.41. The van der Waals surface area contributed by atoms with Crippen LogP contribution in [0.2, 0.25) is 0 Å². The average Bonchev–Trinajstić information content (AvgIpc) is 2.15. The van der Waals surface area contributed by atoms with E-state index in [9.17, 15) is 4.79 Å². The number of amides is 1. The van der Waals surface area contributed by atoms with Crippen LogP contribution in [0.1, 0.15) is 20.3 Å². The highest BCUT2D eigenvalue weighted by Crippen LogP contribution is 2.02. The van der Waals surface area contributed by atoms with Crippen LogP contribution < -0.4 is 5.32 Å². The predicted molar refractivity (Wildman–Crippen MR) is 61.1 cm³/mol. The molecule has 1 amide bonds. The molecule has 88 valence electrons. The number of likely N-dealkylation sites (N-methyl/N-ethyl adjacent to an activating group) is 1. The summed E-state index contributed by atoms with van der Waals surface area (Å²) < 4.78 is 0.659. The fourth-order valence-corrected chi connectivity index (χ4v) is 1.46. The molecule has 0 spiro atoms. The second-order valence-corrected chi connectivity index (χ2v) is 4.23. The molecule has 1 unspecified atom stereocenters. The number of nitrogens with zero attached hydrogens (tertiary/aromatic N) is 1. The molecule has 0 radical (unpaired) electrons. The number of aliphatic hydroxyl groups excluding tert-OH is 1. The molecule has 0 aromatic carbocycles. The molecule has 2 N–H and O–H groups in total. The number of carbonyl (C=O) groups is 1. The molecule has 0 aromatic heterocycles. The van der Waals surface area contributed by atoms with Gasteiger partial charge in [-0.3, -0.25) is 4.79 Å². The molecule has 0 rings (SSSR count). The van der Waals surface area contributed by atoms with E-state index in [1.165, 1.54) is 0 Å². The van der Waals surface area contributed by atoms with Crippen molar-refractivity contribution in [3.63, 3.8) is 0 Å². The number of quaternary nitrogens is 1. The zero-order valence-electron chi connectivity index (χ0n) is 10.0. The van der Waals surface area contributed by atoms with Crippen molar-refractivity contribution in [2.24, 2.45) is 0 Å². The molecule has 15 heavy (non-hydrogen) atoms. The van der Waals surface area contributed by atoms with Crippen molar-refractivity contribution in [3.8, 4) is 0 Å². The highest BCUT2D eigenvalue weighted by atomic mass is 16.3. The van der Waals surface area contributed by atoms with E-state index in [1.807, 2.05) is 7.05 Å². The first-order valence-corrected chi connectivity index (χ1v) is 5.33. The van der Waals surface area contributed by atoms with Crippen molar-refractivity contribution in [2.45, 2.75) is 20.3 Å². The first-order chi connectivity index (χ1) is 6.95. The SMILES string of the molecule is C=C(C)C(=O)NC[N+](C)(CCC)CCO. The maximum atomic E-state index is 11.3. The lowest BCUT2D eigenvalue weighted by Crippen LogP contribution is -2.53. The fraction of sp³-hybridized carbons (Fsp3) is 0.727. The van der Waals surface area contributed by atoms with Gasteiger partial charge in [0.2, 0.25) is 0 Å². The van der Waals surface area contributed by atoms with Crippen LogP contribution in [-0.4, -0.2) is 48.9 Å². The minimum Gasteiger partial charge on any atom is -0.391 e. The maximum Gasteiger partial charge on any atom is 0.250 e. The molecule has 0 fully saturated rings. The third kappa shape index (κ3) is 5.54. The van der Waals surface area contributed by atoms with Crippen molar-refractivity contribution >= 4 is 5.91 Å². The summed E-state index contributed by atoms with van der Waals surface area (Å²) in [4.78, 5) is 11.3. The molecule has 4 heteroatoms. The summed E-state index contributed by atoms with van der Waals surface area (Å²) in [5.74, 6) is -0.117. The normalized spacial score (nSPS) is 14.4. The number of carbonyl (C=O) groups excluding carboxylic acids is 1. The molecule has 0 saturated heterocycles. The number of hydrogen-bond donors (Lipinski definition) is 2. The summed E-state index contributed by atoms with van der Waals surface area (Å²) in [5, 5.41) is 11.8. The van der Waals surface area contributed by atoms with Crippen LogP contribution in [0.25, 0.3) is 0 Å². The van der Waals surface area contributed by atoms with E-state index in [2.05, 4.69) is 18.8 Å². The largest absolute Gasteiger partial charge is 0.391 e. The Hall–Kier alpha value is -0.870. The van der Waals surface area contributed by atoms with Gasteiger partial charge in [-0.15, -0.1) is 0 Å². The summed E-state index contributed by atoms with van der Waals surface area (Å²) in [5.41, 5.74) is 0.516. The van der Waals surface area contributed by atoms with Crippen LogP contribution in [0.3, 0.4) is 0 Å². The van der Waals surface area contributed by atoms with Gasteiger partial charge >= 0.3 is 0 Å². The molecule has 4 nitrogen and oxygen atoms in total. The molecule has 0 aromatic rings. The standard InChI is InChI=1S/C11H22N2O2/c1-5-6-13(4,7-8-14)9-12-11(15)10(2)3/h14H,2,5-9H2,1,3-4H3/p+1. The molecular formula is C11H23N2O2+. The van der Waals surface area contributed by atoms with Gasteiger partial charge in [0.1, 0.15) is 6.54 Å². The molecule has 0 bridgehead atoms. The summed E-state index contributed by atoms with van der Waals surface area (Å²) >= 11 is 0. The van der Waals surface area contributed by atoms with E-state index in [0.717, 1.165) is 13.0 Å². The highest BCUT2D eigenvalue weighted by Gasteiger charge is 2.20. The van der Waals surface area contributed by atoms with Gasteiger partial charge < -0.3 is 14.9 Å². The number of nitrogens with one attached hydrogen (secondary N) is 1. The number of aliphatic hydroxyl groups is 1. The lowest BCUT2D eigenvalue weighted by atomic mass is 10.3. The Labute approximate surface area is 92.2 Å². The summed E-state index contributed by atoms with van der Waals surface area (Å²) in [6.07, 6.45) is 1.03. The molecule has 0 saturated carbocycles. The topological polar surface area (TPSA) is 49.3 Å². The van der Waals surface area contributed by atoms with Crippen LogP contribution in [0, 0.1) is 0 Å². The average molecular weight is 215 g/mol. The molecule has 0 aliphatic rings. The minimum absolute atomic E-state index is 0.117. The van der Waals surface area contributed by atoms with Crippen molar-refractivity contribution in [1.29, 1.82) is 0 Å². The highest BCUT2D eigenvalue weighted by molar-refractivity contribution is 5.91. The van der Waals surface area contributed by atoms with E-state index >= 15 is 0 Å². The van der Waals surface area contributed by atoms with E-state index < -0.39 is 0 Å². The van der Waals surface area contributed by atoms with E-state index in [0.29, 0.717) is 23.3 Å². The van der Waals surface area contributed by atoms with Crippen molar-refractivity contribution < 1.29 is 14.4 Å². The third-order valence-corrected chi connectivity index (χ3v) is 2.41. The number of rotatable bonds is 7. The Bertz CT molecular complexity index is 221. The van der Waals surface area contributed by atoms with Gasteiger partial charge in [-0.2, -0.15) is 0 Å². The Morgan fingerprint density at radius 2 is 2.07 bits per heavy atom. The molecule has 0 heterocycles. The fourth-order valence-electron chi connectivity index (χ4n) is 1.46. The van der Waals surface area contributed by atoms with Crippen LogP contribution in [0.5, 0.6) is 0 Å². The van der Waals surface area contributed by atoms with Crippen molar-refractivity contribution in [3.05, 3.63) is 12.2 Å². The lowest BCUT2D eigenvalue weighted by molar-refractivity contribution is -0.911. The van der Waals surface area contributed by atoms with E-state index in [1.54, 1.807) is 6.92 Å². The molecule has 0 aliphatic carbocycles. The van der Waals surface area contributed by atoms with Crippen molar-refractivity contribution in [2.75, 3.05) is 33.4 Å². The first kappa shape index (κ1) is 14.1. The monoisotopic (exact) mass is 215 g/mol. The van der Waals surface area contributed by atoms with Gasteiger partial charge in [0.15, 0.2) is 6.67 Å². The summed E-state index contributed by atoms with van der Waals surface area (Å²) in [7, 11) is 2.03.